The summed E-state index contributed by atoms with van der Waals surface area (Å²) < 4.78 is 44.8. The number of pyridine rings is 1. The molecule has 1 aromatic rings. The van der Waals surface area contributed by atoms with Gasteiger partial charge >= 0.3 is 6.36 Å². The highest BCUT2D eigenvalue weighted by molar-refractivity contribution is 14.1. The fourth-order valence-corrected chi connectivity index (χ4v) is 1.66. The van der Waals surface area contributed by atoms with Gasteiger partial charge in [0, 0.05) is 0 Å². The van der Waals surface area contributed by atoms with Gasteiger partial charge < -0.3 is 14.6 Å². The summed E-state index contributed by atoms with van der Waals surface area (Å²) in [4.78, 5) is 3.65. The molecule has 0 saturated heterocycles. The fraction of sp³-hybridized carbons (Fsp3) is 0.375. The Morgan fingerprint density at radius 2 is 2.12 bits per heavy atom. The zero-order valence-corrected chi connectivity index (χ0v) is 10.2. The van der Waals surface area contributed by atoms with Gasteiger partial charge in [-0.3, -0.25) is 0 Å². The molecule has 1 heterocycles. The molecular weight excluding hydrogens is 342 g/mol. The lowest BCUT2D eigenvalue weighted by molar-refractivity contribution is -0.275. The van der Waals surface area contributed by atoms with Gasteiger partial charge in [-0.05, 0) is 28.7 Å². The molecule has 4 nitrogen and oxygen atoms in total. The Morgan fingerprint density at radius 3 is 2.56 bits per heavy atom. The molecule has 0 fully saturated rings. The van der Waals surface area contributed by atoms with Gasteiger partial charge in [-0.1, -0.05) is 0 Å². The topological polar surface area (TPSA) is 51.6 Å². The summed E-state index contributed by atoms with van der Waals surface area (Å²) in [5.74, 6) is -0.818. The maximum atomic E-state index is 12.1. The molecule has 0 spiro atoms. The molecule has 0 atom stereocenters. The van der Waals surface area contributed by atoms with E-state index >= 15 is 0 Å². The second kappa shape index (κ2) is 5.04. The average Bonchev–Trinajstić information content (AvgIpc) is 2.19. The first-order chi connectivity index (χ1) is 7.37. The van der Waals surface area contributed by atoms with E-state index in [2.05, 4.69) is 14.5 Å². The van der Waals surface area contributed by atoms with E-state index < -0.39 is 18.7 Å². The van der Waals surface area contributed by atoms with Gasteiger partial charge in [0.2, 0.25) is 5.75 Å². The monoisotopic (exact) mass is 349 g/mol. The van der Waals surface area contributed by atoms with E-state index in [-0.39, 0.29) is 15.1 Å². The minimum absolute atomic E-state index is 0.158. The molecule has 0 aliphatic carbocycles. The smallest absolute Gasteiger partial charge is 0.478 e. The molecule has 0 aliphatic rings. The molecule has 0 radical (unpaired) electrons. The molecule has 1 aromatic heterocycles. The Kier molecular flexibility index (Phi) is 4.19. The predicted molar refractivity (Wildman–Crippen MR) is 56.1 cm³/mol. The number of aliphatic hydroxyl groups excluding tert-OH is 1. The molecule has 90 valence electrons. The van der Waals surface area contributed by atoms with Crippen LogP contribution in [-0.4, -0.2) is 23.6 Å². The number of aromatic nitrogens is 1. The van der Waals surface area contributed by atoms with E-state index in [9.17, 15) is 13.2 Å². The lowest BCUT2D eigenvalue weighted by Crippen LogP contribution is -2.19. The molecule has 0 amide bonds. The van der Waals surface area contributed by atoms with Gasteiger partial charge in [0.25, 0.3) is 5.88 Å². The van der Waals surface area contributed by atoms with Crippen LogP contribution in [0.5, 0.6) is 11.6 Å². The lowest BCUT2D eigenvalue weighted by atomic mass is 10.3. The third-order valence-corrected chi connectivity index (χ3v) is 2.32. The fourth-order valence-electron chi connectivity index (χ4n) is 0.955. The number of alkyl halides is 3. The molecule has 1 rings (SSSR count). The maximum Gasteiger partial charge on any atom is 0.573 e. The van der Waals surface area contributed by atoms with Crippen LogP contribution in [-0.2, 0) is 6.61 Å². The molecule has 8 heteroatoms. The summed E-state index contributed by atoms with van der Waals surface area (Å²) in [6, 6.07) is 1.28. The number of ether oxygens (including phenoxy) is 2. The molecule has 16 heavy (non-hydrogen) atoms. The lowest BCUT2D eigenvalue weighted by Gasteiger charge is -2.13. The molecular formula is C8H7F3INO3. The highest BCUT2D eigenvalue weighted by atomic mass is 127. The van der Waals surface area contributed by atoms with Gasteiger partial charge in [-0.15, -0.1) is 13.2 Å². The zero-order chi connectivity index (χ0) is 12.3. The van der Waals surface area contributed by atoms with Crippen LogP contribution >= 0.6 is 22.6 Å². The summed E-state index contributed by atoms with van der Waals surface area (Å²) >= 11 is 1.64. The third-order valence-electron chi connectivity index (χ3n) is 1.52. The van der Waals surface area contributed by atoms with Crippen LogP contribution in [0.4, 0.5) is 13.2 Å². The molecule has 1 N–H and O–H groups in total. The number of rotatable bonds is 3. The van der Waals surface area contributed by atoms with Gasteiger partial charge in [0.1, 0.15) is 0 Å². The summed E-state index contributed by atoms with van der Waals surface area (Å²) in [6.07, 6.45) is -4.81. The van der Waals surface area contributed by atoms with E-state index in [1.165, 1.54) is 13.2 Å². The summed E-state index contributed by atoms with van der Waals surface area (Å²) in [5.41, 5.74) is 0.204. The van der Waals surface area contributed by atoms with Crippen molar-refractivity contribution in [2.75, 3.05) is 7.11 Å². The van der Waals surface area contributed by atoms with Crippen molar-refractivity contribution in [1.29, 1.82) is 0 Å². The quantitative estimate of drug-likeness (QED) is 0.850. The molecule has 0 aliphatic heterocycles. The van der Waals surface area contributed by atoms with Crippen molar-refractivity contribution in [1.82, 2.24) is 4.98 Å². The van der Waals surface area contributed by atoms with E-state index in [1.54, 1.807) is 22.6 Å². The van der Waals surface area contributed by atoms with Crippen LogP contribution in [0.1, 0.15) is 5.69 Å². The molecule has 0 unspecified atom stereocenters. The predicted octanol–water partition coefficient (Wildman–Crippen LogP) is 2.09. The number of halogens is 4. The SMILES string of the molecule is COc1nc(CO)cc(I)c1OC(F)(F)F. The van der Waals surface area contributed by atoms with E-state index in [0.29, 0.717) is 0 Å². The summed E-state index contributed by atoms with van der Waals surface area (Å²) in [5, 5.41) is 8.82. The van der Waals surface area contributed by atoms with Crippen molar-refractivity contribution < 1.29 is 27.8 Å². The second-order valence-electron chi connectivity index (χ2n) is 2.64. The van der Waals surface area contributed by atoms with Crippen LogP contribution in [0.3, 0.4) is 0 Å². The molecule has 0 bridgehead atoms. The van der Waals surface area contributed by atoms with Crippen molar-refractivity contribution in [3.05, 3.63) is 15.3 Å². The highest BCUT2D eigenvalue weighted by Gasteiger charge is 2.34. The Morgan fingerprint density at radius 1 is 1.50 bits per heavy atom. The normalized spacial score (nSPS) is 11.4. The third kappa shape index (κ3) is 3.37. The Labute approximate surface area is 103 Å². The number of hydrogen-bond donors (Lipinski definition) is 1. The molecule has 0 aromatic carbocycles. The van der Waals surface area contributed by atoms with Gasteiger partial charge in [0.15, 0.2) is 0 Å². The first kappa shape index (κ1) is 13.3. The minimum Gasteiger partial charge on any atom is -0.478 e. The largest absolute Gasteiger partial charge is 0.573 e. The Hall–Kier alpha value is -0.770. The van der Waals surface area contributed by atoms with E-state index in [4.69, 9.17) is 5.11 Å². The van der Waals surface area contributed by atoms with Crippen LogP contribution < -0.4 is 9.47 Å². The summed E-state index contributed by atoms with van der Waals surface area (Å²) in [6.45, 7) is -0.390. The first-order valence-electron chi connectivity index (χ1n) is 3.97. The van der Waals surface area contributed by atoms with E-state index in [1.807, 2.05) is 0 Å². The zero-order valence-electron chi connectivity index (χ0n) is 8.01. The second-order valence-corrected chi connectivity index (χ2v) is 3.80. The van der Waals surface area contributed by atoms with Crippen LogP contribution in [0.25, 0.3) is 0 Å². The minimum atomic E-state index is -4.81. The van der Waals surface area contributed by atoms with E-state index in [0.717, 1.165) is 0 Å². The Balaban J connectivity index is 3.16. The van der Waals surface area contributed by atoms with Gasteiger partial charge in [-0.25, -0.2) is 4.98 Å². The first-order valence-corrected chi connectivity index (χ1v) is 5.05. The number of aliphatic hydroxyl groups is 1. The summed E-state index contributed by atoms with van der Waals surface area (Å²) in [7, 11) is 1.17. The Bertz CT molecular complexity index is 384. The van der Waals surface area contributed by atoms with Crippen molar-refractivity contribution in [2.45, 2.75) is 13.0 Å². The maximum absolute atomic E-state index is 12.1. The highest BCUT2D eigenvalue weighted by Crippen LogP contribution is 2.35. The number of methoxy groups -OCH3 is 1. The average molecular weight is 349 g/mol. The van der Waals surface area contributed by atoms with Crippen LogP contribution in [0.2, 0.25) is 0 Å². The van der Waals surface area contributed by atoms with Crippen LogP contribution in [0, 0.1) is 3.57 Å². The van der Waals surface area contributed by atoms with Crippen molar-refractivity contribution in [3.63, 3.8) is 0 Å². The molecule has 0 saturated carbocycles. The van der Waals surface area contributed by atoms with Crippen molar-refractivity contribution >= 4 is 22.6 Å². The van der Waals surface area contributed by atoms with Crippen molar-refractivity contribution in [2.24, 2.45) is 0 Å². The van der Waals surface area contributed by atoms with Gasteiger partial charge in [-0.2, -0.15) is 0 Å². The number of nitrogens with zero attached hydrogens (tertiary/aromatic N) is 1. The van der Waals surface area contributed by atoms with Gasteiger partial charge in [0.05, 0.1) is 23.0 Å². The standard InChI is InChI=1S/C8H7F3INO3/c1-15-7-6(16-8(9,10)11)5(12)2-4(3-14)13-7/h2,14H,3H2,1H3. The van der Waals surface area contributed by atoms with Crippen molar-refractivity contribution in [3.8, 4) is 11.6 Å². The number of hydrogen-bond acceptors (Lipinski definition) is 4. The van der Waals surface area contributed by atoms with Crippen LogP contribution in [0.15, 0.2) is 6.07 Å².